The van der Waals surface area contributed by atoms with Crippen molar-refractivity contribution in [2.24, 2.45) is 22.9 Å². The molecule has 1 aliphatic heterocycles. The average molecular weight is 834 g/mol. The molecule has 0 spiro atoms. The van der Waals surface area contributed by atoms with E-state index in [0.29, 0.717) is 42.2 Å². The molecule has 0 saturated heterocycles. The predicted octanol–water partition coefficient (Wildman–Crippen LogP) is 9.71. The maximum Gasteiger partial charge on any atom is 0.415 e. The number of nitrogens with zero attached hydrogens (tertiary/aromatic N) is 3. The first-order valence-corrected chi connectivity index (χ1v) is 21.3. The lowest BCUT2D eigenvalue weighted by Gasteiger charge is -2.59. The fraction of sp³-hybridized carbons (Fsp3) is 0.417. The van der Waals surface area contributed by atoms with Gasteiger partial charge in [-0.3, -0.25) is 15.0 Å². The molecule has 0 bridgehead atoms. The number of fused-ring (bicyclic) bond motifs is 3. The summed E-state index contributed by atoms with van der Waals surface area (Å²) < 4.78 is 26.8. The summed E-state index contributed by atoms with van der Waals surface area (Å²) in [6.07, 6.45) is 8.53. The minimum absolute atomic E-state index is 0.0264. The lowest BCUT2D eigenvalue weighted by atomic mass is 9.55. The highest BCUT2D eigenvalue weighted by molar-refractivity contribution is 6.03. The van der Waals surface area contributed by atoms with E-state index in [1.54, 1.807) is 11.0 Å². The number of hydrogen-bond donors (Lipinski definition) is 2. The van der Waals surface area contributed by atoms with Crippen LogP contribution >= 0.6 is 0 Å². The Balaban J connectivity index is 1.39. The predicted molar refractivity (Wildman–Crippen MR) is 232 cm³/mol. The summed E-state index contributed by atoms with van der Waals surface area (Å²) in [5, 5.41) is 38.0. The van der Waals surface area contributed by atoms with Crippen LogP contribution in [0.4, 0.5) is 10.5 Å². The van der Waals surface area contributed by atoms with Gasteiger partial charge >= 0.3 is 6.09 Å². The molecule has 4 aromatic carbocycles. The number of allylic oxidation sites excluding steroid dienone is 1. The van der Waals surface area contributed by atoms with Crippen molar-refractivity contribution < 1.29 is 43.7 Å². The van der Waals surface area contributed by atoms with Gasteiger partial charge in [-0.15, -0.1) is 6.58 Å². The van der Waals surface area contributed by atoms with Crippen LogP contribution in [0.1, 0.15) is 69.8 Å². The maximum absolute atomic E-state index is 14.5. The molecule has 61 heavy (non-hydrogen) atoms. The number of aliphatic hydroxyl groups is 2. The molecule has 13 nitrogen and oxygen atoms in total. The van der Waals surface area contributed by atoms with Crippen LogP contribution in [0.5, 0.6) is 23.0 Å². The summed E-state index contributed by atoms with van der Waals surface area (Å²) in [5.41, 5.74) is 2.37. The second kappa shape index (κ2) is 19.7. The fourth-order valence-corrected chi connectivity index (χ4v) is 9.60. The highest BCUT2D eigenvalue weighted by Crippen LogP contribution is 2.62. The van der Waals surface area contributed by atoms with E-state index in [2.05, 4.69) is 36.0 Å². The number of non-ortho nitro benzene ring substituents is 1. The number of carbonyl (C=O) groups is 1. The zero-order chi connectivity index (χ0) is 42.9. The van der Waals surface area contributed by atoms with E-state index in [-0.39, 0.29) is 62.0 Å². The van der Waals surface area contributed by atoms with Crippen LogP contribution in [0, 0.1) is 27.9 Å². The molecule has 7 rings (SSSR count). The van der Waals surface area contributed by atoms with Crippen LogP contribution in [-0.2, 0) is 9.57 Å². The van der Waals surface area contributed by atoms with E-state index in [4.69, 9.17) is 23.8 Å². The number of carbonyl (C=O) groups excluding carboxylic acids is 1. The third-order valence-corrected chi connectivity index (χ3v) is 12.1. The van der Waals surface area contributed by atoms with Crippen molar-refractivity contribution in [1.29, 1.82) is 0 Å². The molecule has 2 N–H and O–H groups in total. The Kier molecular flexibility index (Phi) is 14.0. The van der Waals surface area contributed by atoms with E-state index in [9.17, 15) is 25.1 Å². The Morgan fingerprint density at radius 2 is 1.67 bits per heavy atom. The third-order valence-electron chi connectivity index (χ3n) is 12.1. The average Bonchev–Trinajstić information content (AvgIpc) is 3.26. The Morgan fingerprint density at radius 1 is 0.967 bits per heavy atom. The van der Waals surface area contributed by atoms with Gasteiger partial charge in [0.15, 0.2) is 0 Å². The van der Waals surface area contributed by atoms with E-state index >= 15 is 0 Å². The maximum atomic E-state index is 14.5. The van der Waals surface area contributed by atoms with Gasteiger partial charge in [0.05, 0.1) is 23.2 Å². The van der Waals surface area contributed by atoms with E-state index < -0.39 is 28.8 Å². The van der Waals surface area contributed by atoms with Crippen molar-refractivity contribution >= 4 is 28.3 Å². The molecule has 1 heterocycles. The van der Waals surface area contributed by atoms with E-state index in [1.165, 1.54) is 31.4 Å². The number of hydrogen-bond acceptors (Lipinski definition) is 11. The highest BCUT2D eigenvalue weighted by atomic mass is 16.7. The Bertz CT molecular complexity index is 2240. The number of oxime groups is 1. The van der Waals surface area contributed by atoms with Gasteiger partial charge in [0.1, 0.15) is 36.1 Å². The fourth-order valence-electron chi connectivity index (χ4n) is 9.60. The molecular weight excluding hydrogens is 779 g/mol. The van der Waals surface area contributed by atoms with Crippen molar-refractivity contribution in [2.75, 3.05) is 33.5 Å². The number of amides is 1. The van der Waals surface area contributed by atoms with Crippen LogP contribution < -0.4 is 14.2 Å². The van der Waals surface area contributed by atoms with Crippen LogP contribution in [0.3, 0.4) is 0 Å². The molecule has 1 saturated carbocycles. The summed E-state index contributed by atoms with van der Waals surface area (Å²) in [5.74, 6) is -0.0650. The zero-order valence-corrected chi connectivity index (χ0v) is 34.8. The smallest absolute Gasteiger partial charge is 0.415 e. The second-order valence-corrected chi connectivity index (χ2v) is 15.9. The Morgan fingerprint density at radius 3 is 2.38 bits per heavy atom. The molecule has 1 amide bonds. The molecule has 0 radical (unpaired) electrons. The van der Waals surface area contributed by atoms with Gasteiger partial charge in [0.25, 0.3) is 5.69 Å². The van der Waals surface area contributed by atoms with E-state index in [1.807, 2.05) is 49.4 Å². The number of ether oxygens (including phenoxy) is 4. The van der Waals surface area contributed by atoms with Gasteiger partial charge in [-0.25, -0.2) is 4.79 Å². The third kappa shape index (κ3) is 9.14. The molecule has 4 aromatic rings. The molecule has 2 aliphatic carbocycles. The van der Waals surface area contributed by atoms with Gasteiger partial charge in [-0.2, -0.15) is 0 Å². The van der Waals surface area contributed by atoms with Gasteiger partial charge in [-0.05, 0) is 103 Å². The van der Waals surface area contributed by atoms with Crippen molar-refractivity contribution in [2.45, 2.75) is 76.0 Å². The minimum Gasteiger partial charge on any atom is -0.459 e. The molecule has 0 aromatic heterocycles. The normalized spacial score (nSPS) is 23.2. The number of aliphatic hydroxyl groups excluding tert-OH is 2. The SMILES string of the molecule is C=CCOC12Oc3ccc(Oc4ccc5ccccc5c4)cc3C3C(CCCCO)C(CCCCO)C=C(C(=NOC)CC1N(CCC)C(=O)Oc1ccc([N+](=O)[O-])cc1)C32. The molecule has 1 fully saturated rings. The minimum atomic E-state index is -1.47. The van der Waals surface area contributed by atoms with Crippen molar-refractivity contribution in [3.8, 4) is 23.0 Å². The first-order valence-electron chi connectivity index (χ1n) is 21.3. The Hall–Kier alpha value is -5.76. The van der Waals surface area contributed by atoms with Crippen LogP contribution in [0.15, 0.2) is 114 Å². The first-order chi connectivity index (χ1) is 29.7. The summed E-state index contributed by atoms with van der Waals surface area (Å²) in [6, 6.07) is 24.6. The second-order valence-electron chi connectivity index (χ2n) is 15.9. The van der Waals surface area contributed by atoms with Crippen molar-refractivity contribution in [3.63, 3.8) is 0 Å². The molecule has 13 heteroatoms. The van der Waals surface area contributed by atoms with Crippen LogP contribution in [0.2, 0.25) is 0 Å². The molecule has 6 atom stereocenters. The monoisotopic (exact) mass is 833 g/mol. The first kappa shape index (κ1) is 43.3. The van der Waals surface area contributed by atoms with Gasteiger partial charge in [0.2, 0.25) is 5.79 Å². The largest absolute Gasteiger partial charge is 0.459 e. The molecule has 322 valence electrons. The topological polar surface area (TPSA) is 162 Å². The summed E-state index contributed by atoms with van der Waals surface area (Å²) in [7, 11) is 1.51. The standard InChI is InChI=1S/C48H55N3O10/c1-4-24-50(47(54)60-36-20-17-35(18-21-36)51(55)56)44-31-42(49-57-3)40-29-34(14-8-10-25-52)39(15-9-11-26-53)45-41-30-38(59-37-19-16-32-12-6-7-13-33(32)28-37)22-23-43(41)61-48(44,46(40)45)58-27-5-2/h5-7,12-13,16-23,28-30,34,39,44-46,52-53H,2,4,8-11,14-15,24-27,31H2,1,3H3. The van der Waals surface area contributed by atoms with Gasteiger partial charge in [0, 0.05) is 49.8 Å². The number of nitro benzene ring substituents is 1. The van der Waals surface area contributed by atoms with Crippen molar-refractivity contribution in [1.82, 2.24) is 4.90 Å². The molecular formula is C48H55N3O10. The quantitative estimate of drug-likeness (QED) is 0.0403. The number of benzene rings is 4. The van der Waals surface area contributed by atoms with Gasteiger partial charge in [-0.1, -0.05) is 67.4 Å². The molecule has 6 unspecified atom stereocenters. The summed E-state index contributed by atoms with van der Waals surface area (Å²) >= 11 is 0. The summed E-state index contributed by atoms with van der Waals surface area (Å²) in [6.45, 7) is 6.50. The van der Waals surface area contributed by atoms with Crippen LogP contribution in [-0.4, -0.2) is 77.1 Å². The number of unbranched alkanes of at least 4 members (excludes halogenated alkanes) is 2. The lowest BCUT2D eigenvalue weighted by Crippen LogP contribution is -2.70. The summed E-state index contributed by atoms with van der Waals surface area (Å²) in [4.78, 5) is 32.5. The Labute approximate surface area is 356 Å². The zero-order valence-electron chi connectivity index (χ0n) is 34.8. The lowest BCUT2D eigenvalue weighted by molar-refractivity contribution is -0.384. The number of rotatable bonds is 19. The highest BCUT2D eigenvalue weighted by Gasteiger charge is 2.65. The molecule has 3 aliphatic rings. The number of nitro groups is 1. The van der Waals surface area contributed by atoms with Gasteiger partial charge < -0.3 is 34.0 Å². The van der Waals surface area contributed by atoms with Crippen LogP contribution in [0.25, 0.3) is 10.8 Å². The van der Waals surface area contributed by atoms with Crippen molar-refractivity contribution in [3.05, 3.63) is 125 Å². The van der Waals surface area contributed by atoms with E-state index in [0.717, 1.165) is 47.6 Å².